The molecule has 0 aliphatic rings. The van der Waals surface area contributed by atoms with Crippen LogP contribution in [0.25, 0.3) is 0 Å². The molecule has 0 aliphatic heterocycles. The zero-order valence-electron chi connectivity index (χ0n) is 14.4. The Morgan fingerprint density at radius 2 is 1.12 bits per heavy atom. The topological polar surface area (TPSA) is 12.9 Å². The van der Waals surface area contributed by atoms with Crippen LogP contribution in [0.15, 0.2) is 54.6 Å². The third-order valence-corrected chi connectivity index (χ3v) is 4.22. The molecule has 3 rings (SSSR count). The molecule has 1 aromatic heterocycles. The van der Waals surface area contributed by atoms with Crippen molar-refractivity contribution in [2.24, 2.45) is 0 Å². The van der Waals surface area contributed by atoms with Crippen LogP contribution >= 0.6 is 23.2 Å². The lowest BCUT2D eigenvalue weighted by Gasteiger charge is -2.00. The fourth-order valence-corrected chi connectivity index (χ4v) is 2.79. The van der Waals surface area contributed by atoms with Gasteiger partial charge in [0.05, 0.1) is 11.1 Å². The second-order valence-corrected chi connectivity index (χ2v) is 6.62. The lowest BCUT2D eigenvalue weighted by atomic mass is 10.1. The van der Waals surface area contributed by atoms with Gasteiger partial charge in [-0.05, 0) is 55.3 Å². The van der Waals surface area contributed by atoms with E-state index in [1.54, 1.807) is 6.07 Å². The molecule has 0 N–H and O–H groups in total. The number of pyridine rings is 1. The molecule has 0 fully saturated rings. The summed E-state index contributed by atoms with van der Waals surface area (Å²) in [5.41, 5.74) is 5.35. The molecule has 0 bridgehead atoms. The summed E-state index contributed by atoms with van der Waals surface area (Å²) in [5.74, 6) is 12.3. The number of hydrogen-bond acceptors (Lipinski definition) is 1. The Kier molecular flexibility index (Phi) is 5.65. The predicted octanol–water partition coefficient (Wildman–Crippen LogP) is 5.80. The van der Waals surface area contributed by atoms with Crippen molar-refractivity contribution >= 4 is 23.2 Å². The molecule has 1 heterocycles. The van der Waals surface area contributed by atoms with Crippen LogP contribution in [0.4, 0.5) is 0 Å². The largest absolute Gasteiger partial charge is 0.222 e. The summed E-state index contributed by atoms with van der Waals surface area (Å²) in [7, 11) is 0. The molecular formula is C23H15Cl2N. The average Bonchev–Trinajstić information content (AvgIpc) is 2.60. The van der Waals surface area contributed by atoms with E-state index in [0.29, 0.717) is 11.1 Å². The van der Waals surface area contributed by atoms with E-state index in [1.807, 2.05) is 62.4 Å². The van der Waals surface area contributed by atoms with Crippen LogP contribution in [0.2, 0.25) is 10.3 Å². The molecule has 26 heavy (non-hydrogen) atoms. The van der Waals surface area contributed by atoms with Crippen LogP contribution in [0.3, 0.4) is 0 Å². The number of benzene rings is 2. The highest BCUT2D eigenvalue weighted by atomic mass is 35.5. The predicted molar refractivity (Wildman–Crippen MR) is 109 cm³/mol. The molecule has 0 radical (unpaired) electrons. The van der Waals surface area contributed by atoms with Crippen molar-refractivity contribution in [3.8, 4) is 23.7 Å². The van der Waals surface area contributed by atoms with Gasteiger partial charge in [0, 0.05) is 11.1 Å². The fourth-order valence-electron chi connectivity index (χ4n) is 2.37. The van der Waals surface area contributed by atoms with E-state index >= 15 is 0 Å². The molecule has 3 heteroatoms. The van der Waals surface area contributed by atoms with Gasteiger partial charge in [-0.3, -0.25) is 0 Å². The zero-order valence-corrected chi connectivity index (χ0v) is 15.9. The highest BCUT2D eigenvalue weighted by molar-refractivity contribution is 6.33. The van der Waals surface area contributed by atoms with Crippen LogP contribution in [0.1, 0.15) is 33.4 Å². The first-order valence-electron chi connectivity index (χ1n) is 8.05. The number of halogens is 2. The first-order chi connectivity index (χ1) is 12.5. The fraction of sp³-hybridized carbons (Fsp3) is 0.0870. The molecule has 0 amide bonds. The van der Waals surface area contributed by atoms with Crippen LogP contribution in [0.5, 0.6) is 0 Å². The van der Waals surface area contributed by atoms with Crippen molar-refractivity contribution in [2.75, 3.05) is 0 Å². The van der Waals surface area contributed by atoms with Crippen LogP contribution in [-0.4, -0.2) is 4.98 Å². The minimum absolute atomic E-state index is 0.274. The van der Waals surface area contributed by atoms with Gasteiger partial charge in [0.15, 0.2) is 0 Å². The highest BCUT2D eigenvalue weighted by Crippen LogP contribution is 2.20. The molecule has 0 atom stereocenters. The van der Waals surface area contributed by atoms with Gasteiger partial charge in [-0.2, -0.15) is 0 Å². The van der Waals surface area contributed by atoms with Crippen molar-refractivity contribution in [1.82, 2.24) is 4.98 Å². The minimum atomic E-state index is 0.274. The second kappa shape index (κ2) is 8.11. The molecule has 0 spiro atoms. The Balaban J connectivity index is 1.96. The van der Waals surface area contributed by atoms with Crippen molar-refractivity contribution in [1.29, 1.82) is 0 Å². The van der Waals surface area contributed by atoms with E-state index in [-0.39, 0.29) is 10.3 Å². The molecule has 3 aromatic rings. The average molecular weight is 376 g/mol. The lowest BCUT2D eigenvalue weighted by Crippen LogP contribution is -1.89. The van der Waals surface area contributed by atoms with Crippen molar-refractivity contribution in [3.05, 3.63) is 98.3 Å². The summed E-state index contributed by atoms with van der Waals surface area (Å²) in [6.07, 6.45) is 0. The molecular weight excluding hydrogens is 361 g/mol. The number of aryl methyl sites for hydroxylation is 2. The molecule has 1 nitrogen and oxygen atoms in total. The maximum Gasteiger partial charge on any atom is 0.146 e. The maximum absolute atomic E-state index is 6.19. The van der Waals surface area contributed by atoms with Crippen LogP contribution in [0, 0.1) is 37.5 Å². The van der Waals surface area contributed by atoms with Gasteiger partial charge in [0.1, 0.15) is 10.3 Å². The molecule has 0 saturated heterocycles. The molecule has 126 valence electrons. The highest BCUT2D eigenvalue weighted by Gasteiger charge is 2.06. The second-order valence-electron chi connectivity index (χ2n) is 5.90. The number of nitrogens with zero attached hydrogens (tertiary/aromatic N) is 1. The summed E-state index contributed by atoms with van der Waals surface area (Å²) in [6.45, 7) is 4.06. The minimum Gasteiger partial charge on any atom is -0.222 e. The SMILES string of the molecule is Cc1cccc(C#Cc2cc(C#Cc3cccc(C)c3)c(Cl)nc2Cl)c1. The zero-order chi connectivity index (χ0) is 18.5. The van der Waals surface area contributed by atoms with Gasteiger partial charge < -0.3 is 0 Å². The number of hydrogen-bond donors (Lipinski definition) is 0. The van der Waals surface area contributed by atoms with Gasteiger partial charge in [-0.15, -0.1) is 0 Å². The maximum atomic E-state index is 6.19. The van der Waals surface area contributed by atoms with Crippen molar-refractivity contribution in [3.63, 3.8) is 0 Å². The molecule has 0 saturated carbocycles. The van der Waals surface area contributed by atoms with E-state index < -0.39 is 0 Å². The van der Waals surface area contributed by atoms with E-state index in [2.05, 4.69) is 28.7 Å². The molecule has 0 unspecified atom stereocenters. The smallest absolute Gasteiger partial charge is 0.146 e. The van der Waals surface area contributed by atoms with Gasteiger partial charge in [0.25, 0.3) is 0 Å². The third kappa shape index (κ3) is 4.68. The summed E-state index contributed by atoms with van der Waals surface area (Å²) in [6, 6.07) is 17.7. The van der Waals surface area contributed by atoms with Gasteiger partial charge in [-0.1, -0.05) is 71.1 Å². The van der Waals surface area contributed by atoms with Crippen molar-refractivity contribution < 1.29 is 0 Å². The monoisotopic (exact) mass is 375 g/mol. The summed E-state index contributed by atoms with van der Waals surface area (Å²) in [5, 5.41) is 0.549. The van der Waals surface area contributed by atoms with E-state index in [4.69, 9.17) is 23.2 Å². The standard InChI is InChI=1S/C23H15Cl2N/c1-16-5-3-7-18(13-16)9-11-20-15-21(23(25)26-22(20)24)12-10-19-8-4-6-17(2)14-19/h3-8,13-15H,1-2H3. The Bertz CT molecular complexity index is 1010. The first-order valence-corrected chi connectivity index (χ1v) is 8.80. The summed E-state index contributed by atoms with van der Waals surface area (Å²) < 4.78 is 0. The number of aromatic nitrogens is 1. The Hall–Kier alpha value is -2.71. The Morgan fingerprint density at radius 1 is 0.654 bits per heavy atom. The van der Waals surface area contributed by atoms with Crippen LogP contribution in [-0.2, 0) is 0 Å². The number of rotatable bonds is 0. The van der Waals surface area contributed by atoms with E-state index in [9.17, 15) is 0 Å². The van der Waals surface area contributed by atoms with E-state index in [0.717, 1.165) is 22.3 Å². The summed E-state index contributed by atoms with van der Waals surface area (Å²) >= 11 is 12.4. The third-order valence-electron chi connectivity index (χ3n) is 3.65. The van der Waals surface area contributed by atoms with E-state index in [1.165, 1.54) is 0 Å². The van der Waals surface area contributed by atoms with Crippen LogP contribution < -0.4 is 0 Å². The molecule has 2 aromatic carbocycles. The van der Waals surface area contributed by atoms with Gasteiger partial charge >= 0.3 is 0 Å². The Morgan fingerprint density at radius 3 is 1.54 bits per heavy atom. The molecule has 0 aliphatic carbocycles. The quantitative estimate of drug-likeness (QED) is 0.357. The first kappa shape index (κ1) is 18.1. The lowest BCUT2D eigenvalue weighted by molar-refractivity contribution is 1.30. The normalized spacial score (nSPS) is 9.69. The Labute approximate surface area is 164 Å². The van der Waals surface area contributed by atoms with Crippen molar-refractivity contribution in [2.45, 2.75) is 13.8 Å². The summed E-state index contributed by atoms with van der Waals surface area (Å²) in [4.78, 5) is 4.16. The van der Waals surface area contributed by atoms with Gasteiger partial charge in [-0.25, -0.2) is 4.98 Å². The van der Waals surface area contributed by atoms with Gasteiger partial charge in [0.2, 0.25) is 0 Å².